The van der Waals surface area contributed by atoms with E-state index in [1.165, 1.54) is 54.9 Å². The van der Waals surface area contributed by atoms with Crippen molar-refractivity contribution < 1.29 is 35.9 Å². The Morgan fingerprint density at radius 2 is 1.86 bits per heavy atom. The molecule has 0 saturated carbocycles. The average molecular weight is 535 g/mol. The van der Waals surface area contributed by atoms with E-state index < -0.39 is 28.0 Å². The van der Waals surface area contributed by atoms with E-state index in [1.807, 2.05) is 0 Å². The maximum atomic E-state index is 13.4. The van der Waals surface area contributed by atoms with E-state index in [0.717, 1.165) is 16.1 Å². The molecule has 2 heterocycles. The van der Waals surface area contributed by atoms with Gasteiger partial charge in [0.25, 0.3) is 15.9 Å². The number of benzene rings is 2. The van der Waals surface area contributed by atoms with Gasteiger partial charge < -0.3 is 19.7 Å². The second-order valence-corrected chi connectivity index (χ2v) is 9.81. The lowest BCUT2D eigenvalue weighted by atomic mass is 10.1. The molecule has 2 aromatic heterocycles. The summed E-state index contributed by atoms with van der Waals surface area (Å²) in [7, 11) is 0.264. The fourth-order valence-corrected chi connectivity index (χ4v) is 4.95. The number of fused-ring (bicyclic) bond motifs is 1. The maximum Gasteiger partial charge on any atom is 0.573 e. The second-order valence-electron chi connectivity index (χ2n) is 8.00. The highest BCUT2D eigenvalue weighted by atomic mass is 32.2. The predicted molar refractivity (Wildman–Crippen MR) is 130 cm³/mol. The SMILES string of the molecule is COc1cc(OC(F)(F)F)ccc1Nc1ccc2c(C(=O)N(C)C)cn(S(=O)(=O)c3cccnc3)c2c1. The smallest absolute Gasteiger partial charge is 0.494 e. The minimum absolute atomic E-state index is 0.0590. The number of hydrogen-bond acceptors (Lipinski definition) is 7. The third-order valence-corrected chi connectivity index (χ3v) is 6.94. The van der Waals surface area contributed by atoms with Crippen LogP contribution in [0.5, 0.6) is 11.5 Å². The Kier molecular flexibility index (Phi) is 6.74. The largest absolute Gasteiger partial charge is 0.573 e. The zero-order valence-corrected chi connectivity index (χ0v) is 20.6. The van der Waals surface area contributed by atoms with Gasteiger partial charge in [0, 0.05) is 49.8 Å². The Morgan fingerprint density at radius 1 is 1.11 bits per heavy atom. The molecule has 0 aliphatic rings. The third kappa shape index (κ3) is 5.31. The zero-order valence-electron chi connectivity index (χ0n) is 19.8. The van der Waals surface area contributed by atoms with Crippen LogP contribution in [0.15, 0.2) is 72.0 Å². The van der Waals surface area contributed by atoms with Gasteiger partial charge in [0.1, 0.15) is 16.4 Å². The number of rotatable bonds is 7. The van der Waals surface area contributed by atoms with Crippen molar-refractivity contribution in [2.75, 3.05) is 26.5 Å². The standard InChI is InChI=1S/C24H21F3N4O5S/c1-30(2)23(32)19-14-31(37(33,34)17-5-4-10-28-13-17)21-11-15(6-8-18(19)21)29-20-9-7-16(12-22(20)35-3)36-24(25,26)27/h4-14,29H,1-3H3. The molecule has 2 aromatic carbocycles. The van der Waals surface area contributed by atoms with Crippen LogP contribution in [0.1, 0.15) is 10.4 Å². The summed E-state index contributed by atoms with van der Waals surface area (Å²) < 4.78 is 74.7. The van der Waals surface area contributed by atoms with E-state index in [-0.39, 0.29) is 21.7 Å². The molecule has 0 saturated heterocycles. The number of carbonyl (C=O) groups is 1. The number of anilines is 2. The van der Waals surface area contributed by atoms with Crippen LogP contribution in [0, 0.1) is 0 Å². The molecule has 1 N–H and O–H groups in total. The first-order valence-corrected chi connectivity index (χ1v) is 12.1. The number of aromatic nitrogens is 2. The summed E-state index contributed by atoms with van der Waals surface area (Å²) in [5.41, 5.74) is 1.06. The van der Waals surface area contributed by atoms with Gasteiger partial charge in [-0.1, -0.05) is 0 Å². The molecular weight excluding hydrogens is 513 g/mol. The normalized spacial score (nSPS) is 11.8. The van der Waals surface area contributed by atoms with Crippen LogP contribution in [0.2, 0.25) is 0 Å². The monoisotopic (exact) mass is 534 g/mol. The van der Waals surface area contributed by atoms with Gasteiger partial charge in [0.05, 0.1) is 23.9 Å². The van der Waals surface area contributed by atoms with Gasteiger partial charge >= 0.3 is 6.36 Å². The Morgan fingerprint density at radius 3 is 2.49 bits per heavy atom. The first-order valence-electron chi connectivity index (χ1n) is 10.6. The highest BCUT2D eigenvalue weighted by molar-refractivity contribution is 7.90. The van der Waals surface area contributed by atoms with Gasteiger partial charge in [0.2, 0.25) is 0 Å². The summed E-state index contributed by atoms with van der Waals surface area (Å²) >= 11 is 0. The molecular formula is C24H21F3N4O5S. The van der Waals surface area contributed by atoms with Gasteiger partial charge in [-0.3, -0.25) is 9.78 Å². The minimum atomic E-state index is -4.86. The van der Waals surface area contributed by atoms with Crippen LogP contribution < -0.4 is 14.8 Å². The van der Waals surface area contributed by atoms with Crippen LogP contribution >= 0.6 is 0 Å². The topological polar surface area (TPSA) is 103 Å². The van der Waals surface area contributed by atoms with Crippen molar-refractivity contribution in [2.45, 2.75) is 11.3 Å². The molecule has 0 atom stereocenters. The molecule has 4 rings (SSSR count). The summed E-state index contributed by atoms with van der Waals surface area (Å²) in [4.78, 5) is 17.9. The lowest BCUT2D eigenvalue weighted by Crippen LogP contribution is -2.21. The number of carbonyl (C=O) groups excluding carboxylic acids is 1. The van der Waals surface area contributed by atoms with Crippen molar-refractivity contribution in [3.05, 3.63) is 72.7 Å². The molecule has 4 aromatic rings. The molecule has 1 amide bonds. The summed E-state index contributed by atoms with van der Waals surface area (Å²) in [6, 6.07) is 11.1. The molecule has 0 spiro atoms. The number of nitrogens with zero attached hydrogens (tertiary/aromatic N) is 3. The summed E-state index contributed by atoms with van der Waals surface area (Å²) in [5, 5.41) is 3.39. The van der Waals surface area contributed by atoms with Crippen molar-refractivity contribution >= 4 is 38.2 Å². The van der Waals surface area contributed by atoms with Crippen molar-refractivity contribution in [1.29, 1.82) is 0 Å². The molecule has 37 heavy (non-hydrogen) atoms. The minimum Gasteiger partial charge on any atom is -0.494 e. The number of pyridine rings is 1. The first-order chi connectivity index (χ1) is 17.4. The fraction of sp³-hybridized carbons (Fsp3) is 0.167. The number of alkyl halides is 3. The third-order valence-electron chi connectivity index (χ3n) is 5.29. The average Bonchev–Trinajstić information content (AvgIpc) is 3.23. The van der Waals surface area contributed by atoms with Crippen molar-refractivity contribution in [2.24, 2.45) is 0 Å². The molecule has 13 heteroatoms. The second kappa shape index (κ2) is 9.65. The summed E-state index contributed by atoms with van der Waals surface area (Å²) in [5.74, 6) is -0.801. The molecule has 0 bridgehead atoms. The van der Waals surface area contributed by atoms with Gasteiger partial charge in [-0.25, -0.2) is 12.4 Å². The number of methoxy groups -OCH3 is 1. The fourth-order valence-electron chi connectivity index (χ4n) is 3.63. The lowest BCUT2D eigenvalue weighted by molar-refractivity contribution is -0.274. The van der Waals surface area contributed by atoms with E-state index in [4.69, 9.17) is 4.74 Å². The van der Waals surface area contributed by atoms with Crippen LogP contribution in [0.3, 0.4) is 0 Å². The van der Waals surface area contributed by atoms with Gasteiger partial charge in [-0.15, -0.1) is 13.2 Å². The van der Waals surface area contributed by atoms with E-state index >= 15 is 0 Å². The van der Waals surface area contributed by atoms with Crippen molar-refractivity contribution in [3.63, 3.8) is 0 Å². The maximum absolute atomic E-state index is 13.4. The molecule has 0 unspecified atom stereocenters. The highest BCUT2D eigenvalue weighted by Gasteiger charge is 2.31. The molecule has 9 nitrogen and oxygen atoms in total. The van der Waals surface area contributed by atoms with Crippen LogP contribution in [0.4, 0.5) is 24.5 Å². The molecule has 0 fully saturated rings. The van der Waals surface area contributed by atoms with E-state index in [2.05, 4.69) is 15.0 Å². The Hall–Kier alpha value is -4.26. The van der Waals surface area contributed by atoms with Crippen molar-refractivity contribution in [1.82, 2.24) is 13.9 Å². The quantitative estimate of drug-likeness (QED) is 0.369. The number of hydrogen-bond donors (Lipinski definition) is 1. The van der Waals surface area contributed by atoms with Crippen LogP contribution in [-0.2, 0) is 10.0 Å². The number of nitrogens with one attached hydrogen (secondary N) is 1. The summed E-state index contributed by atoms with van der Waals surface area (Å²) in [6.07, 6.45) is -0.971. The lowest BCUT2D eigenvalue weighted by Gasteiger charge is -2.15. The van der Waals surface area contributed by atoms with Gasteiger partial charge in [-0.05, 0) is 42.5 Å². The first kappa shape index (κ1) is 25.8. The molecule has 0 aliphatic carbocycles. The zero-order chi connectivity index (χ0) is 27.0. The Labute approximate surface area is 210 Å². The summed E-state index contributed by atoms with van der Waals surface area (Å²) in [6.45, 7) is 0. The highest BCUT2D eigenvalue weighted by Crippen LogP contribution is 2.35. The Balaban J connectivity index is 1.81. The molecule has 194 valence electrons. The van der Waals surface area contributed by atoms with Crippen LogP contribution in [0.25, 0.3) is 10.9 Å². The number of ether oxygens (including phenoxy) is 2. The molecule has 0 aliphatic heterocycles. The number of amides is 1. The van der Waals surface area contributed by atoms with E-state index in [9.17, 15) is 26.4 Å². The van der Waals surface area contributed by atoms with Crippen molar-refractivity contribution in [3.8, 4) is 11.5 Å². The molecule has 0 radical (unpaired) electrons. The number of halogens is 3. The Bertz CT molecular complexity index is 1570. The van der Waals surface area contributed by atoms with E-state index in [0.29, 0.717) is 16.8 Å². The van der Waals surface area contributed by atoms with Crippen LogP contribution in [-0.4, -0.2) is 55.7 Å². The predicted octanol–water partition coefficient (Wildman–Crippen LogP) is 4.63. The van der Waals surface area contributed by atoms with Gasteiger partial charge in [-0.2, -0.15) is 0 Å². The van der Waals surface area contributed by atoms with Gasteiger partial charge in [0.15, 0.2) is 0 Å². The van der Waals surface area contributed by atoms with E-state index in [1.54, 1.807) is 26.2 Å².